The van der Waals surface area contributed by atoms with E-state index in [0.717, 1.165) is 6.04 Å². The van der Waals surface area contributed by atoms with Crippen molar-refractivity contribution < 1.29 is 0 Å². The van der Waals surface area contributed by atoms with Crippen LogP contribution in [0.15, 0.2) is 0 Å². The quantitative estimate of drug-likeness (QED) is 0.689. The molecule has 0 spiro atoms. The Balaban J connectivity index is 2.55. The van der Waals surface area contributed by atoms with Gasteiger partial charge in [0.25, 0.3) is 0 Å². The van der Waals surface area contributed by atoms with Crippen molar-refractivity contribution in [2.75, 3.05) is 6.54 Å². The number of hydrogen-bond donors (Lipinski definition) is 1. The minimum absolute atomic E-state index is 0.644. The van der Waals surface area contributed by atoms with Crippen molar-refractivity contribution >= 4 is 0 Å². The Labute approximate surface area is 83.3 Å². The average molecular weight is 183 g/mol. The highest BCUT2D eigenvalue weighted by atomic mass is 15.0. The number of hydrogen-bond acceptors (Lipinski definition) is 1. The van der Waals surface area contributed by atoms with Crippen LogP contribution in [0.3, 0.4) is 0 Å². The molecule has 0 saturated carbocycles. The van der Waals surface area contributed by atoms with Crippen molar-refractivity contribution in [3.8, 4) is 0 Å². The minimum Gasteiger partial charge on any atom is -0.313 e. The Morgan fingerprint density at radius 2 is 2.08 bits per heavy atom. The topological polar surface area (TPSA) is 12.0 Å². The molecule has 1 heterocycles. The Hall–Kier alpha value is -0.0400. The molecule has 1 heteroatoms. The summed E-state index contributed by atoms with van der Waals surface area (Å²) < 4.78 is 0. The van der Waals surface area contributed by atoms with Gasteiger partial charge in [-0.25, -0.2) is 0 Å². The first-order valence-electron chi connectivity index (χ1n) is 6.02. The van der Waals surface area contributed by atoms with Gasteiger partial charge >= 0.3 is 0 Å². The van der Waals surface area contributed by atoms with Gasteiger partial charge in [-0.05, 0) is 37.6 Å². The molecule has 1 N–H and O–H groups in total. The summed E-state index contributed by atoms with van der Waals surface area (Å²) in [5.41, 5.74) is 0.644. The number of nitrogens with one attached hydrogen (secondary N) is 1. The van der Waals surface area contributed by atoms with Crippen molar-refractivity contribution in [3.63, 3.8) is 0 Å². The lowest BCUT2D eigenvalue weighted by atomic mass is 9.73. The molecule has 1 saturated heterocycles. The van der Waals surface area contributed by atoms with Gasteiger partial charge in [-0.15, -0.1) is 0 Å². The fourth-order valence-electron chi connectivity index (χ4n) is 2.89. The Morgan fingerprint density at radius 3 is 2.62 bits per heavy atom. The van der Waals surface area contributed by atoms with Crippen molar-refractivity contribution in [1.29, 1.82) is 0 Å². The maximum absolute atomic E-state index is 3.66. The van der Waals surface area contributed by atoms with E-state index in [1.54, 1.807) is 0 Å². The summed E-state index contributed by atoms with van der Waals surface area (Å²) >= 11 is 0. The van der Waals surface area contributed by atoms with Crippen LogP contribution in [0.4, 0.5) is 0 Å². The monoisotopic (exact) mass is 183 g/mol. The molecule has 0 aliphatic carbocycles. The number of unbranched alkanes of at least 4 members (excludes halogenated alkanes) is 1. The first kappa shape index (κ1) is 11.0. The second kappa shape index (κ2) is 4.99. The lowest BCUT2D eigenvalue weighted by molar-refractivity contribution is 0.205. The molecular weight excluding hydrogens is 158 g/mol. The third-order valence-corrected chi connectivity index (χ3v) is 3.89. The van der Waals surface area contributed by atoms with Gasteiger partial charge in [0.2, 0.25) is 0 Å². The van der Waals surface area contributed by atoms with Gasteiger partial charge < -0.3 is 5.32 Å². The average Bonchev–Trinajstić information content (AvgIpc) is 2.58. The third kappa shape index (κ3) is 2.25. The van der Waals surface area contributed by atoms with Gasteiger partial charge in [-0.2, -0.15) is 0 Å². The van der Waals surface area contributed by atoms with Crippen molar-refractivity contribution in [3.05, 3.63) is 0 Å². The molecule has 13 heavy (non-hydrogen) atoms. The van der Waals surface area contributed by atoms with Crippen LogP contribution in [-0.2, 0) is 0 Å². The summed E-state index contributed by atoms with van der Waals surface area (Å²) in [6, 6.07) is 0.795. The largest absolute Gasteiger partial charge is 0.313 e. The van der Waals surface area contributed by atoms with Gasteiger partial charge in [0, 0.05) is 6.04 Å². The van der Waals surface area contributed by atoms with Crippen LogP contribution >= 0.6 is 0 Å². The van der Waals surface area contributed by atoms with E-state index in [-0.39, 0.29) is 0 Å². The van der Waals surface area contributed by atoms with Crippen LogP contribution in [0.1, 0.15) is 59.3 Å². The maximum Gasteiger partial charge on any atom is 0.0121 e. The van der Waals surface area contributed by atoms with Gasteiger partial charge in [-0.1, -0.05) is 33.6 Å². The van der Waals surface area contributed by atoms with Gasteiger partial charge in [0.15, 0.2) is 0 Å². The molecule has 1 rings (SSSR count). The normalized spacial score (nSPS) is 33.9. The predicted molar refractivity (Wildman–Crippen MR) is 58.9 cm³/mol. The fourth-order valence-corrected chi connectivity index (χ4v) is 2.89. The van der Waals surface area contributed by atoms with Crippen LogP contribution in [0.25, 0.3) is 0 Å². The van der Waals surface area contributed by atoms with Crippen molar-refractivity contribution in [1.82, 2.24) is 5.32 Å². The summed E-state index contributed by atoms with van der Waals surface area (Å²) in [6.45, 7) is 8.23. The zero-order valence-corrected chi connectivity index (χ0v) is 9.53. The molecule has 0 aromatic rings. The molecule has 1 fully saturated rings. The standard InChI is InChI=1S/C12H25N/c1-4-7-8-12(6-3)9-10-13-11(12)5-2/h11,13H,4-10H2,1-3H3. The lowest BCUT2D eigenvalue weighted by Crippen LogP contribution is -2.35. The summed E-state index contributed by atoms with van der Waals surface area (Å²) in [7, 11) is 0. The molecule has 0 bridgehead atoms. The molecule has 78 valence electrons. The van der Waals surface area contributed by atoms with E-state index in [2.05, 4.69) is 26.1 Å². The van der Waals surface area contributed by atoms with Gasteiger partial charge in [-0.3, -0.25) is 0 Å². The highest BCUT2D eigenvalue weighted by Gasteiger charge is 2.39. The van der Waals surface area contributed by atoms with E-state index in [4.69, 9.17) is 0 Å². The second-order valence-electron chi connectivity index (χ2n) is 4.48. The van der Waals surface area contributed by atoms with Crippen LogP contribution in [0.5, 0.6) is 0 Å². The summed E-state index contributed by atoms with van der Waals surface area (Å²) in [4.78, 5) is 0. The fraction of sp³-hybridized carbons (Fsp3) is 1.00. The molecule has 2 atom stereocenters. The zero-order valence-electron chi connectivity index (χ0n) is 9.53. The summed E-state index contributed by atoms with van der Waals surface area (Å²) in [5, 5.41) is 3.66. The first-order chi connectivity index (χ1) is 6.29. The molecule has 0 amide bonds. The molecule has 1 aliphatic rings. The molecule has 0 aromatic carbocycles. The van der Waals surface area contributed by atoms with E-state index >= 15 is 0 Å². The summed E-state index contributed by atoms with van der Waals surface area (Å²) in [6.07, 6.45) is 8.26. The Morgan fingerprint density at radius 1 is 1.31 bits per heavy atom. The molecular formula is C12H25N. The highest BCUT2D eigenvalue weighted by Crippen LogP contribution is 2.40. The van der Waals surface area contributed by atoms with Gasteiger partial charge in [0.1, 0.15) is 0 Å². The smallest absolute Gasteiger partial charge is 0.0121 e. The van der Waals surface area contributed by atoms with E-state index in [1.807, 2.05) is 0 Å². The molecule has 0 aromatic heterocycles. The first-order valence-corrected chi connectivity index (χ1v) is 6.02. The van der Waals surface area contributed by atoms with Crippen LogP contribution < -0.4 is 5.32 Å². The van der Waals surface area contributed by atoms with E-state index in [9.17, 15) is 0 Å². The molecule has 1 aliphatic heterocycles. The summed E-state index contributed by atoms with van der Waals surface area (Å²) in [5.74, 6) is 0. The van der Waals surface area contributed by atoms with Gasteiger partial charge in [0.05, 0.1) is 0 Å². The van der Waals surface area contributed by atoms with Crippen LogP contribution in [0.2, 0.25) is 0 Å². The SMILES string of the molecule is CCCCC1(CC)CCNC1CC. The van der Waals surface area contributed by atoms with Crippen molar-refractivity contribution in [2.45, 2.75) is 65.3 Å². The predicted octanol–water partition coefficient (Wildman–Crippen LogP) is 3.34. The Kier molecular flexibility index (Phi) is 4.24. The van der Waals surface area contributed by atoms with E-state index in [0.29, 0.717) is 5.41 Å². The van der Waals surface area contributed by atoms with Crippen LogP contribution in [0, 0.1) is 5.41 Å². The minimum atomic E-state index is 0.644. The number of rotatable bonds is 5. The van der Waals surface area contributed by atoms with E-state index < -0.39 is 0 Å². The van der Waals surface area contributed by atoms with Crippen molar-refractivity contribution in [2.24, 2.45) is 5.41 Å². The van der Waals surface area contributed by atoms with Crippen LogP contribution in [-0.4, -0.2) is 12.6 Å². The molecule has 0 radical (unpaired) electrons. The molecule has 2 unspecified atom stereocenters. The second-order valence-corrected chi connectivity index (χ2v) is 4.48. The maximum atomic E-state index is 3.66. The highest BCUT2D eigenvalue weighted by molar-refractivity contribution is 4.95. The Bertz CT molecular complexity index is 144. The lowest BCUT2D eigenvalue weighted by Gasteiger charge is -2.33. The third-order valence-electron chi connectivity index (χ3n) is 3.89. The molecule has 1 nitrogen and oxygen atoms in total. The van der Waals surface area contributed by atoms with E-state index in [1.165, 1.54) is 45.1 Å². The zero-order chi connectivity index (χ0) is 9.73.